The number of aromatic nitrogens is 6. The average molecular weight is 772 g/mol. The van der Waals surface area contributed by atoms with E-state index in [1.807, 2.05) is 36.4 Å². The highest BCUT2D eigenvalue weighted by molar-refractivity contribution is 6.39. The Bertz CT molecular complexity index is 2470. The van der Waals surface area contributed by atoms with Gasteiger partial charge in [0.25, 0.3) is 11.1 Å². The maximum Gasteiger partial charge on any atom is 0.312 e. The number of hydrogen-bond donors (Lipinski definition) is 4. The number of benzene rings is 2. The lowest BCUT2D eigenvalue weighted by Crippen LogP contribution is -2.58. The summed E-state index contributed by atoms with van der Waals surface area (Å²) in [5.41, 5.74) is 3.00. The number of fused-ring (bicyclic) bond motifs is 2. The van der Waals surface area contributed by atoms with E-state index in [0.717, 1.165) is 0 Å². The number of aryl methyl sites for hydroxylation is 2. The van der Waals surface area contributed by atoms with Gasteiger partial charge in [-0.3, -0.25) is 19.2 Å². The van der Waals surface area contributed by atoms with E-state index in [1.54, 1.807) is 47.5 Å². The lowest BCUT2D eigenvalue weighted by molar-refractivity contribution is -0.153. The van der Waals surface area contributed by atoms with Gasteiger partial charge in [-0.15, -0.1) is 0 Å². The molecule has 2 aromatic carbocycles. The first kappa shape index (κ1) is 35.7. The molecule has 4 N–H and O–H groups in total. The standard InChI is InChI=1S/C38H36Cl2N8O6/c1-21-15-47-29(33(49)45(21)11-9-37(35(51)52)17-41-18-37)13-27(43-47)25-7-3-5-23(31(25)39)24-6-4-8-26(32(24)40)28-14-30-34(50)46(22(2)16-48(30)44-28)12-10-38(36(53)54)19-42-20-38/h3-8,13-16,41-42H,9-12,17-20H2,1-2H3,(H,51,52)(H,53,54). The van der Waals surface area contributed by atoms with Crippen LogP contribution >= 0.6 is 23.2 Å². The molecule has 2 fully saturated rings. The smallest absolute Gasteiger partial charge is 0.312 e. The van der Waals surface area contributed by atoms with Crippen molar-refractivity contribution in [3.63, 3.8) is 0 Å². The van der Waals surface area contributed by atoms with Crippen LogP contribution in [-0.2, 0) is 22.7 Å². The third-order valence-electron chi connectivity index (χ3n) is 11.1. The van der Waals surface area contributed by atoms with Crippen LogP contribution in [0, 0.1) is 24.7 Å². The second-order valence-electron chi connectivity index (χ2n) is 14.4. The first-order valence-electron chi connectivity index (χ1n) is 17.5. The van der Waals surface area contributed by atoms with Gasteiger partial charge in [0.1, 0.15) is 11.0 Å². The number of carboxylic acids is 2. The van der Waals surface area contributed by atoms with E-state index in [-0.39, 0.29) is 24.2 Å². The Labute approximate surface area is 317 Å². The number of aliphatic carboxylic acids is 2. The molecule has 0 spiro atoms. The topological polar surface area (TPSA) is 177 Å². The normalized spacial score (nSPS) is 16.0. The van der Waals surface area contributed by atoms with Crippen LogP contribution < -0.4 is 21.8 Å². The van der Waals surface area contributed by atoms with Crippen molar-refractivity contribution in [3.05, 3.63) is 103 Å². The third-order valence-corrected chi connectivity index (χ3v) is 11.9. The van der Waals surface area contributed by atoms with Crippen molar-refractivity contribution in [2.24, 2.45) is 10.8 Å². The lowest BCUT2D eigenvalue weighted by Gasteiger charge is -2.38. The summed E-state index contributed by atoms with van der Waals surface area (Å²) in [5.74, 6) is -1.74. The van der Waals surface area contributed by atoms with Crippen molar-refractivity contribution in [1.82, 2.24) is 39.0 Å². The van der Waals surface area contributed by atoms with Crippen molar-refractivity contribution < 1.29 is 19.8 Å². The van der Waals surface area contributed by atoms with Crippen LogP contribution in [-0.4, -0.2) is 76.7 Å². The van der Waals surface area contributed by atoms with E-state index < -0.39 is 22.8 Å². The molecule has 0 amide bonds. The molecule has 2 aliphatic heterocycles. The Balaban J connectivity index is 1.11. The van der Waals surface area contributed by atoms with E-state index in [1.165, 1.54) is 9.03 Å². The first-order valence-corrected chi connectivity index (χ1v) is 18.2. The maximum absolute atomic E-state index is 13.6. The fourth-order valence-corrected chi connectivity index (χ4v) is 8.11. The predicted molar refractivity (Wildman–Crippen MR) is 203 cm³/mol. The number of carboxylic acid groups (broad SMARTS) is 2. The van der Waals surface area contributed by atoms with Crippen LogP contribution in [0.25, 0.3) is 44.7 Å². The lowest BCUT2D eigenvalue weighted by atomic mass is 9.78. The Morgan fingerprint density at radius 2 is 1.06 bits per heavy atom. The van der Waals surface area contributed by atoms with E-state index in [2.05, 4.69) is 20.8 Å². The summed E-state index contributed by atoms with van der Waals surface area (Å²) in [6, 6.07) is 14.3. The van der Waals surface area contributed by atoms with E-state index in [4.69, 9.17) is 23.2 Å². The molecular formula is C38H36Cl2N8O6. The summed E-state index contributed by atoms with van der Waals surface area (Å²) in [6.07, 6.45) is 4.13. The third kappa shape index (κ3) is 5.72. The van der Waals surface area contributed by atoms with Gasteiger partial charge in [-0.05, 0) is 38.8 Å². The molecule has 54 heavy (non-hydrogen) atoms. The second kappa shape index (κ2) is 13.2. The van der Waals surface area contributed by atoms with Gasteiger partial charge in [0, 0.05) is 85.3 Å². The van der Waals surface area contributed by atoms with Crippen molar-refractivity contribution in [1.29, 1.82) is 0 Å². The quantitative estimate of drug-likeness (QED) is 0.148. The van der Waals surface area contributed by atoms with E-state index in [0.29, 0.717) is 105 Å². The van der Waals surface area contributed by atoms with Crippen LogP contribution in [0.15, 0.2) is 70.5 Å². The molecule has 16 heteroatoms. The zero-order valence-electron chi connectivity index (χ0n) is 29.4. The first-order chi connectivity index (χ1) is 25.8. The fraction of sp³-hybridized carbons (Fsp3) is 0.316. The largest absolute Gasteiger partial charge is 0.481 e. The average Bonchev–Trinajstić information content (AvgIpc) is 3.71. The highest BCUT2D eigenvalue weighted by Crippen LogP contribution is 2.42. The van der Waals surface area contributed by atoms with Gasteiger partial charge >= 0.3 is 11.9 Å². The molecule has 6 heterocycles. The minimum atomic E-state index is -0.885. The van der Waals surface area contributed by atoms with Crippen LogP contribution in [0.3, 0.4) is 0 Å². The van der Waals surface area contributed by atoms with E-state index >= 15 is 0 Å². The van der Waals surface area contributed by atoms with Gasteiger partial charge < -0.3 is 30.0 Å². The highest BCUT2D eigenvalue weighted by Gasteiger charge is 2.45. The number of halogens is 2. The number of hydrogen-bond acceptors (Lipinski definition) is 8. The molecule has 0 bridgehead atoms. The minimum absolute atomic E-state index is 0.258. The molecule has 0 aliphatic carbocycles. The molecule has 4 aromatic heterocycles. The summed E-state index contributed by atoms with van der Waals surface area (Å²) >= 11 is 14.2. The molecule has 2 aliphatic rings. The second-order valence-corrected chi connectivity index (χ2v) is 15.1. The Morgan fingerprint density at radius 3 is 1.39 bits per heavy atom. The molecular weight excluding hydrogens is 735 g/mol. The molecule has 0 unspecified atom stereocenters. The van der Waals surface area contributed by atoms with E-state index in [9.17, 15) is 29.4 Å². The van der Waals surface area contributed by atoms with Gasteiger partial charge in [-0.2, -0.15) is 10.2 Å². The van der Waals surface area contributed by atoms with Crippen LogP contribution in [0.1, 0.15) is 24.2 Å². The summed E-state index contributed by atoms with van der Waals surface area (Å²) in [7, 11) is 0. The summed E-state index contributed by atoms with van der Waals surface area (Å²) in [4.78, 5) is 51.1. The number of nitrogens with zero attached hydrogens (tertiary/aromatic N) is 6. The van der Waals surface area contributed by atoms with Gasteiger partial charge in [-0.25, -0.2) is 9.03 Å². The summed E-state index contributed by atoms with van der Waals surface area (Å²) < 4.78 is 6.22. The monoisotopic (exact) mass is 770 g/mol. The van der Waals surface area contributed by atoms with Crippen molar-refractivity contribution in [3.8, 4) is 33.6 Å². The maximum atomic E-state index is 13.6. The molecule has 8 rings (SSSR count). The van der Waals surface area contributed by atoms with Crippen LogP contribution in [0.5, 0.6) is 0 Å². The number of carbonyl (C=O) groups is 2. The zero-order valence-corrected chi connectivity index (χ0v) is 30.9. The SMILES string of the molecule is Cc1cn2nc(-c3cccc(-c4cccc(-c5cc6c(=O)n(CCC7(C(=O)O)CNC7)c(C)cn6n5)c4Cl)c3Cl)cc2c(=O)n1CCC1(C(=O)O)CNC1. The van der Waals surface area contributed by atoms with Crippen molar-refractivity contribution in [2.45, 2.75) is 39.8 Å². The molecule has 0 radical (unpaired) electrons. The molecule has 14 nitrogen and oxygen atoms in total. The van der Waals surface area contributed by atoms with Gasteiger partial charge in [-0.1, -0.05) is 59.6 Å². The Morgan fingerprint density at radius 1 is 0.685 bits per heavy atom. The van der Waals surface area contributed by atoms with Gasteiger partial charge in [0.05, 0.1) is 32.3 Å². The zero-order chi connectivity index (χ0) is 38.1. The minimum Gasteiger partial charge on any atom is -0.481 e. The molecule has 2 saturated heterocycles. The van der Waals surface area contributed by atoms with Crippen LogP contribution in [0.2, 0.25) is 10.0 Å². The Hall–Kier alpha value is -5.28. The molecule has 0 saturated carbocycles. The molecule has 6 aromatic rings. The summed E-state index contributed by atoms with van der Waals surface area (Å²) in [5, 5.41) is 35.7. The van der Waals surface area contributed by atoms with Crippen molar-refractivity contribution in [2.75, 3.05) is 26.2 Å². The van der Waals surface area contributed by atoms with Crippen LogP contribution in [0.4, 0.5) is 0 Å². The summed E-state index contributed by atoms with van der Waals surface area (Å²) in [6.45, 7) is 5.58. The fourth-order valence-electron chi connectivity index (χ4n) is 7.47. The Kier molecular flexibility index (Phi) is 8.76. The number of nitrogens with one attached hydrogen (secondary N) is 2. The number of rotatable bonds is 11. The van der Waals surface area contributed by atoms with Crippen molar-refractivity contribution >= 4 is 46.2 Å². The van der Waals surface area contributed by atoms with Gasteiger partial charge in [0.2, 0.25) is 0 Å². The molecule has 0 atom stereocenters. The highest BCUT2D eigenvalue weighted by atomic mass is 35.5. The predicted octanol–water partition coefficient (Wildman–Crippen LogP) is 4.36. The molecule has 278 valence electrons. The van der Waals surface area contributed by atoms with Gasteiger partial charge in [0.15, 0.2) is 0 Å².